The van der Waals surface area contributed by atoms with E-state index < -0.39 is 18.2 Å². The average molecular weight is 347 g/mol. The molecule has 1 unspecified atom stereocenters. The van der Waals surface area contributed by atoms with Crippen LogP contribution in [-0.4, -0.2) is 29.0 Å². The number of carboxylic acid groups (broad SMARTS) is 1. The van der Waals surface area contributed by atoms with Gasteiger partial charge in [-0.3, -0.25) is 4.79 Å². The normalized spacial score (nSPS) is 12.5. The summed E-state index contributed by atoms with van der Waals surface area (Å²) in [4.78, 5) is 26.6. The molecule has 6 nitrogen and oxygen atoms in total. The highest BCUT2D eigenvalue weighted by Crippen LogP contribution is 2.22. The Bertz CT molecular complexity index is 790. The van der Waals surface area contributed by atoms with Gasteiger partial charge in [0.1, 0.15) is 0 Å². The first-order valence-corrected chi connectivity index (χ1v) is 7.35. The molecule has 0 amide bonds. The SMILES string of the molecule is CC(=O)OC(N=C(c1ccccc1)c1cc(Cl)ccc1N)C(=O)O. The minimum atomic E-state index is -1.68. The summed E-state index contributed by atoms with van der Waals surface area (Å²) >= 11 is 6.02. The number of rotatable bonds is 5. The number of carbonyl (C=O) groups is 2. The lowest BCUT2D eigenvalue weighted by atomic mass is 10.0. The Kier molecular flexibility index (Phi) is 5.55. The number of nitrogens with two attached hydrogens (primary N) is 1. The number of carbonyl (C=O) groups excluding carboxylic acids is 1. The molecule has 2 rings (SSSR count). The van der Waals surface area contributed by atoms with Gasteiger partial charge in [-0.15, -0.1) is 0 Å². The van der Waals surface area contributed by atoms with Crippen molar-refractivity contribution < 1.29 is 19.4 Å². The molecule has 2 aromatic carbocycles. The van der Waals surface area contributed by atoms with E-state index in [0.29, 0.717) is 21.8 Å². The Balaban J connectivity index is 2.62. The topological polar surface area (TPSA) is 102 Å². The standard InChI is InChI=1S/C17H15ClN2O4/c1-10(21)24-16(17(22)23)20-15(11-5-3-2-4-6-11)13-9-12(18)7-8-14(13)19/h2-9,16H,19H2,1H3,(H,22,23). The van der Waals surface area contributed by atoms with Gasteiger partial charge in [0.15, 0.2) is 0 Å². The Morgan fingerprint density at radius 2 is 1.88 bits per heavy atom. The molecule has 0 bridgehead atoms. The Morgan fingerprint density at radius 1 is 1.21 bits per heavy atom. The first kappa shape index (κ1) is 17.5. The van der Waals surface area contributed by atoms with Gasteiger partial charge in [-0.25, -0.2) is 9.79 Å². The van der Waals surface area contributed by atoms with Crippen LogP contribution in [0.5, 0.6) is 0 Å². The van der Waals surface area contributed by atoms with Gasteiger partial charge < -0.3 is 15.6 Å². The number of hydrogen-bond acceptors (Lipinski definition) is 5. The second kappa shape index (κ2) is 7.61. The number of anilines is 1. The van der Waals surface area contributed by atoms with E-state index in [4.69, 9.17) is 22.1 Å². The summed E-state index contributed by atoms with van der Waals surface area (Å²) in [5, 5.41) is 9.67. The van der Waals surface area contributed by atoms with Crippen LogP contribution in [0.25, 0.3) is 0 Å². The van der Waals surface area contributed by atoms with Crippen LogP contribution < -0.4 is 5.73 Å². The van der Waals surface area contributed by atoms with E-state index in [1.165, 1.54) is 0 Å². The predicted octanol–water partition coefficient (Wildman–Crippen LogP) is 2.73. The number of hydrogen-bond donors (Lipinski definition) is 2. The molecular formula is C17H15ClN2O4. The number of esters is 1. The highest BCUT2D eigenvalue weighted by atomic mass is 35.5. The molecule has 124 valence electrons. The molecule has 0 aliphatic heterocycles. The van der Waals surface area contributed by atoms with E-state index in [0.717, 1.165) is 6.92 Å². The van der Waals surface area contributed by atoms with E-state index in [-0.39, 0.29) is 5.71 Å². The Labute approximate surface area is 143 Å². The molecule has 3 N–H and O–H groups in total. The number of aliphatic imine (C=N–C) groups is 1. The number of halogens is 1. The molecule has 7 heteroatoms. The van der Waals surface area contributed by atoms with Crippen LogP contribution >= 0.6 is 11.6 Å². The fourth-order valence-electron chi connectivity index (χ4n) is 2.04. The third-order valence-electron chi connectivity index (χ3n) is 3.05. The van der Waals surface area contributed by atoms with Crippen molar-refractivity contribution in [1.82, 2.24) is 0 Å². The quantitative estimate of drug-likeness (QED) is 0.492. The van der Waals surface area contributed by atoms with E-state index in [9.17, 15) is 14.7 Å². The number of ether oxygens (including phenoxy) is 1. The molecule has 0 fully saturated rings. The van der Waals surface area contributed by atoms with Gasteiger partial charge in [0.25, 0.3) is 6.23 Å². The Hall–Kier alpha value is -2.86. The van der Waals surface area contributed by atoms with Crippen LogP contribution in [0.1, 0.15) is 18.1 Å². The molecule has 1 atom stereocenters. The van der Waals surface area contributed by atoms with Crippen molar-refractivity contribution in [2.24, 2.45) is 4.99 Å². The smallest absolute Gasteiger partial charge is 0.368 e. The van der Waals surface area contributed by atoms with E-state index >= 15 is 0 Å². The summed E-state index contributed by atoms with van der Waals surface area (Å²) in [7, 11) is 0. The summed E-state index contributed by atoms with van der Waals surface area (Å²) in [6, 6.07) is 13.6. The number of nitrogens with zero attached hydrogens (tertiary/aromatic N) is 1. The monoisotopic (exact) mass is 346 g/mol. The molecule has 0 saturated carbocycles. The van der Waals surface area contributed by atoms with Crippen molar-refractivity contribution in [3.8, 4) is 0 Å². The van der Waals surface area contributed by atoms with Gasteiger partial charge in [-0.1, -0.05) is 41.9 Å². The maximum absolute atomic E-state index is 11.3. The van der Waals surface area contributed by atoms with Crippen LogP contribution in [0, 0.1) is 0 Å². The molecule has 0 aromatic heterocycles. The number of benzene rings is 2. The highest BCUT2D eigenvalue weighted by molar-refractivity contribution is 6.31. The molecule has 0 radical (unpaired) electrons. The van der Waals surface area contributed by atoms with Gasteiger partial charge in [0, 0.05) is 28.8 Å². The number of carboxylic acids is 1. The second-order valence-electron chi connectivity index (χ2n) is 4.88. The molecular weight excluding hydrogens is 332 g/mol. The summed E-state index contributed by atoms with van der Waals surface area (Å²) in [5.41, 5.74) is 7.69. The number of aliphatic carboxylic acids is 1. The van der Waals surface area contributed by atoms with Gasteiger partial charge in [0.05, 0.1) is 5.71 Å². The van der Waals surface area contributed by atoms with Gasteiger partial charge in [-0.2, -0.15) is 0 Å². The lowest BCUT2D eigenvalue weighted by Gasteiger charge is -2.14. The van der Waals surface area contributed by atoms with Crippen molar-refractivity contribution in [2.45, 2.75) is 13.2 Å². The fraction of sp³-hybridized carbons (Fsp3) is 0.118. The van der Waals surface area contributed by atoms with Crippen LogP contribution in [-0.2, 0) is 14.3 Å². The first-order chi connectivity index (χ1) is 11.4. The van der Waals surface area contributed by atoms with E-state index in [1.54, 1.807) is 42.5 Å². The van der Waals surface area contributed by atoms with Crippen molar-refractivity contribution in [3.05, 3.63) is 64.7 Å². The summed E-state index contributed by atoms with van der Waals surface area (Å²) in [6.45, 7) is 1.11. The zero-order valence-electron chi connectivity index (χ0n) is 12.8. The van der Waals surface area contributed by atoms with Crippen molar-refractivity contribution in [2.75, 3.05) is 5.73 Å². The van der Waals surface area contributed by atoms with Crippen LogP contribution in [0.3, 0.4) is 0 Å². The minimum Gasteiger partial charge on any atom is -0.477 e. The fourth-order valence-corrected chi connectivity index (χ4v) is 2.21. The zero-order chi connectivity index (χ0) is 17.7. The summed E-state index contributed by atoms with van der Waals surface area (Å²) in [6.07, 6.45) is -1.68. The van der Waals surface area contributed by atoms with Crippen molar-refractivity contribution in [3.63, 3.8) is 0 Å². The van der Waals surface area contributed by atoms with E-state index in [1.807, 2.05) is 6.07 Å². The largest absolute Gasteiger partial charge is 0.477 e. The molecule has 0 aliphatic rings. The third kappa shape index (κ3) is 4.33. The average Bonchev–Trinajstić information content (AvgIpc) is 2.54. The third-order valence-corrected chi connectivity index (χ3v) is 3.29. The van der Waals surface area contributed by atoms with Gasteiger partial charge >= 0.3 is 11.9 Å². The minimum absolute atomic E-state index is 0.268. The lowest BCUT2D eigenvalue weighted by Crippen LogP contribution is -2.26. The maximum Gasteiger partial charge on any atom is 0.368 e. The van der Waals surface area contributed by atoms with Crippen LogP contribution in [0.15, 0.2) is 53.5 Å². The first-order valence-electron chi connectivity index (χ1n) is 6.97. The van der Waals surface area contributed by atoms with Gasteiger partial charge in [-0.05, 0) is 18.2 Å². The zero-order valence-corrected chi connectivity index (χ0v) is 13.5. The Morgan fingerprint density at radius 3 is 2.46 bits per heavy atom. The van der Waals surface area contributed by atoms with Crippen LogP contribution in [0.4, 0.5) is 5.69 Å². The van der Waals surface area contributed by atoms with Crippen molar-refractivity contribution >= 4 is 34.9 Å². The maximum atomic E-state index is 11.3. The molecule has 2 aromatic rings. The number of nitrogen functional groups attached to an aromatic ring is 1. The van der Waals surface area contributed by atoms with Crippen LogP contribution in [0.2, 0.25) is 5.02 Å². The molecule has 24 heavy (non-hydrogen) atoms. The van der Waals surface area contributed by atoms with Gasteiger partial charge in [0.2, 0.25) is 0 Å². The summed E-state index contributed by atoms with van der Waals surface area (Å²) < 4.78 is 4.76. The molecule has 0 saturated heterocycles. The van der Waals surface area contributed by atoms with E-state index in [2.05, 4.69) is 4.99 Å². The predicted molar refractivity (Wildman–Crippen MR) is 91.1 cm³/mol. The molecule has 0 aliphatic carbocycles. The molecule has 0 heterocycles. The second-order valence-corrected chi connectivity index (χ2v) is 5.31. The highest BCUT2D eigenvalue weighted by Gasteiger charge is 2.22. The molecule has 0 spiro atoms. The summed E-state index contributed by atoms with van der Waals surface area (Å²) in [5.74, 6) is -2.14. The lowest BCUT2D eigenvalue weighted by molar-refractivity contribution is -0.161. The van der Waals surface area contributed by atoms with Crippen molar-refractivity contribution in [1.29, 1.82) is 0 Å².